The van der Waals surface area contributed by atoms with Gasteiger partial charge in [0, 0.05) is 17.3 Å². The molecule has 4 rings (SSSR count). The second kappa shape index (κ2) is 6.19. The number of carboxylic acid groups (broad SMARTS) is 1. The summed E-state index contributed by atoms with van der Waals surface area (Å²) >= 11 is 0. The van der Waals surface area contributed by atoms with Gasteiger partial charge in [0.15, 0.2) is 5.54 Å². The van der Waals surface area contributed by atoms with E-state index in [1.165, 1.54) is 17.1 Å². The third-order valence-corrected chi connectivity index (χ3v) is 5.08. The highest BCUT2D eigenvalue weighted by Crippen LogP contribution is 2.30. The Bertz CT molecular complexity index is 1070. The number of hydrogen-bond acceptors (Lipinski definition) is 4. The normalized spacial score (nSPS) is 13.6. The molecule has 0 saturated carbocycles. The molecule has 1 amide bonds. The van der Waals surface area contributed by atoms with E-state index < -0.39 is 11.5 Å². The van der Waals surface area contributed by atoms with Crippen LogP contribution in [0.2, 0.25) is 0 Å². The Morgan fingerprint density at radius 3 is 2.78 bits per heavy atom. The van der Waals surface area contributed by atoms with Gasteiger partial charge in [-0.05, 0) is 44.7 Å². The average molecular weight is 364 g/mol. The molecular weight excluding hydrogens is 344 g/mol. The van der Waals surface area contributed by atoms with Gasteiger partial charge in [-0.15, -0.1) is 0 Å². The largest absolute Gasteiger partial charge is 0.479 e. The van der Waals surface area contributed by atoms with Crippen LogP contribution >= 0.6 is 0 Å². The number of benzene rings is 1. The lowest BCUT2D eigenvalue weighted by Crippen LogP contribution is -2.35. The number of carbonyl (C=O) groups is 2. The Morgan fingerprint density at radius 2 is 2.00 bits per heavy atom. The summed E-state index contributed by atoms with van der Waals surface area (Å²) in [5.41, 5.74) is 2.71. The molecule has 0 fully saturated rings. The van der Waals surface area contributed by atoms with Crippen LogP contribution < -0.4 is 5.32 Å². The Kier molecular flexibility index (Phi) is 3.95. The molecule has 1 aliphatic carbocycles. The van der Waals surface area contributed by atoms with E-state index in [0.29, 0.717) is 11.3 Å². The number of pyridine rings is 1. The summed E-state index contributed by atoms with van der Waals surface area (Å²) in [6, 6.07) is 7.64. The summed E-state index contributed by atoms with van der Waals surface area (Å²) in [5.74, 6) is -1.22. The van der Waals surface area contributed by atoms with Crippen molar-refractivity contribution in [1.82, 2.24) is 14.8 Å². The zero-order valence-electron chi connectivity index (χ0n) is 15.2. The first-order valence-corrected chi connectivity index (χ1v) is 8.88. The summed E-state index contributed by atoms with van der Waals surface area (Å²) in [4.78, 5) is 29.2. The number of hydrogen-bond donors (Lipinski definition) is 2. The van der Waals surface area contributed by atoms with Gasteiger partial charge < -0.3 is 10.4 Å². The van der Waals surface area contributed by atoms with Gasteiger partial charge in [-0.1, -0.05) is 18.2 Å². The summed E-state index contributed by atoms with van der Waals surface area (Å²) in [6.07, 6.45) is 5.71. The number of aryl methyl sites for hydroxylation is 1. The van der Waals surface area contributed by atoms with Crippen molar-refractivity contribution < 1.29 is 14.7 Å². The van der Waals surface area contributed by atoms with Crippen LogP contribution in [-0.4, -0.2) is 31.7 Å². The molecule has 2 heterocycles. The molecule has 27 heavy (non-hydrogen) atoms. The second-order valence-electron chi connectivity index (χ2n) is 7.27. The highest BCUT2D eigenvalue weighted by atomic mass is 16.4. The molecule has 0 bridgehead atoms. The maximum atomic E-state index is 13.1. The van der Waals surface area contributed by atoms with Crippen LogP contribution in [0.15, 0.2) is 36.7 Å². The Hall–Kier alpha value is -3.22. The first-order valence-electron chi connectivity index (χ1n) is 8.88. The number of carboxylic acids is 1. The molecular formula is C20H20N4O3. The number of carbonyl (C=O) groups excluding carboxylic acids is 1. The molecule has 1 aromatic carbocycles. The van der Waals surface area contributed by atoms with Crippen molar-refractivity contribution in [3.8, 4) is 0 Å². The lowest BCUT2D eigenvalue weighted by molar-refractivity contribution is -0.146. The zero-order valence-corrected chi connectivity index (χ0v) is 15.2. The van der Waals surface area contributed by atoms with Crippen LogP contribution in [0, 0.1) is 0 Å². The predicted molar refractivity (Wildman–Crippen MR) is 101 cm³/mol. The van der Waals surface area contributed by atoms with E-state index in [-0.39, 0.29) is 5.91 Å². The van der Waals surface area contributed by atoms with E-state index in [1.54, 1.807) is 13.8 Å². The molecule has 0 unspecified atom stereocenters. The third-order valence-electron chi connectivity index (χ3n) is 5.08. The van der Waals surface area contributed by atoms with Crippen molar-refractivity contribution in [3.63, 3.8) is 0 Å². The van der Waals surface area contributed by atoms with Gasteiger partial charge in [-0.2, -0.15) is 5.10 Å². The van der Waals surface area contributed by atoms with Gasteiger partial charge in [0.2, 0.25) is 0 Å². The standard InChI is InChI=1S/C20H20N4O3/c1-20(2,19(26)27)24-11-12(10-21-24)22-18(25)17-13-6-3-4-8-15(13)23-16-9-5-7-14(16)17/h3-4,6,8,10-11H,5,7,9H2,1-2H3,(H,22,25)(H,26,27). The number of para-hydroxylation sites is 1. The number of anilines is 1. The van der Waals surface area contributed by atoms with Crippen molar-refractivity contribution in [1.29, 1.82) is 0 Å². The van der Waals surface area contributed by atoms with Gasteiger partial charge in [0.25, 0.3) is 5.91 Å². The fourth-order valence-electron chi connectivity index (χ4n) is 3.45. The minimum absolute atomic E-state index is 0.223. The maximum absolute atomic E-state index is 13.1. The van der Waals surface area contributed by atoms with Gasteiger partial charge in [-0.25, -0.2) is 4.79 Å². The SMILES string of the molecule is CC(C)(C(=O)O)n1cc(NC(=O)c2c3c(nc4ccccc24)CCC3)cn1. The molecule has 0 spiro atoms. The van der Waals surface area contributed by atoms with E-state index in [2.05, 4.69) is 10.4 Å². The Labute approximate surface area is 156 Å². The average Bonchev–Trinajstić information content (AvgIpc) is 3.28. The lowest BCUT2D eigenvalue weighted by Gasteiger charge is -2.19. The van der Waals surface area contributed by atoms with Gasteiger partial charge in [0.1, 0.15) is 0 Å². The van der Waals surface area contributed by atoms with Crippen LogP contribution in [0.1, 0.15) is 41.9 Å². The monoisotopic (exact) mass is 364 g/mol. The molecule has 7 nitrogen and oxygen atoms in total. The van der Waals surface area contributed by atoms with Crippen molar-refractivity contribution in [2.75, 3.05) is 5.32 Å². The molecule has 0 radical (unpaired) electrons. The van der Waals surface area contributed by atoms with Crippen LogP contribution in [0.25, 0.3) is 10.9 Å². The second-order valence-corrected chi connectivity index (χ2v) is 7.27. The third kappa shape index (κ3) is 2.85. The molecule has 0 atom stereocenters. The molecule has 0 saturated heterocycles. The van der Waals surface area contributed by atoms with Crippen LogP contribution in [-0.2, 0) is 23.2 Å². The minimum atomic E-state index is -1.20. The first kappa shape index (κ1) is 17.2. The van der Waals surface area contributed by atoms with Gasteiger partial charge in [0.05, 0.1) is 23.0 Å². The highest BCUT2D eigenvalue weighted by molar-refractivity contribution is 6.13. The summed E-state index contributed by atoms with van der Waals surface area (Å²) in [5, 5.41) is 17.1. The number of amides is 1. The van der Waals surface area contributed by atoms with Crippen molar-refractivity contribution in [3.05, 3.63) is 53.5 Å². The number of nitrogens with zero attached hydrogens (tertiary/aromatic N) is 3. The fraction of sp³-hybridized carbons (Fsp3) is 0.300. The molecule has 7 heteroatoms. The highest BCUT2D eigenvalue weighted by Gasteiger charge is 2.30. The number of aromatic nitrogens is 3. The number of nitrogens with one attached hydrogen (secondary N) is 1. The maximum Gasteiger partial charge on any atom is 0.331 e. The topological polar surface area (TPSA) is 97.1 Å². The molecule has 0 aliphatic heterocycles. The summed E-state index contributed by atoms with van der Waals surface area (Å²) in [6.45, 7) is 3.11. The Balaban J connectivity index is 1.71. The van der Waals surface area contributed by atoms with Crippen LogP contribution in [0.5, 0.6) is 0 Å². The Morgan fingerprint density at radius 1 is 1.22 bits per heavy atom. The molecule has 2 aromatic heterocycles. The van der Waals surface area contributed by atoms with E-state index in [1.807, 2.05) is 24.3 Å². The van der Waals surface area contributed by atoms with Crippen molar-refractivity contribution in [2.24, 2.45) is 0 Å². The first-order chi connectivity index (χ1) is 12.9. The van der Waals surface area contributed by atoms with Crippen LogP contribution in [0.4, 0.5) is 5.69 Å². The summed E-state index contributed by atoms with van der Waals surface area (Å²) < 4.78 is 1.33. The fourth-order valence-corrected chi connectivity index (χ4v) is 3.45. The summed E-state index contributed by atoms with van der Waals surface area (Å²) in [7, 11) is 0. The van der Waals surface area contributed by atoms with Gasteiger partial charge in [-0.3, -0.25) is 14.5 Å². The molecule has 3 aromatic rings. The van der Waals surface area contributed by atoms with E-state index in [4.69, 9.17) is 4.98 Å². The molecule has 1 aliphatic rings. The van der Waals surface area contributed by atoms with Crippen LogP contribution in [0.3, 0.4) is 0 Å². The number of aliphatic carboxylic acids is 1. The zero-order chi connectivity index (χ0) is 19.2. The lowest BCUT2D eigenvalue weighted by atomic mass is 10.0. The molecule has 2 N–H and O–H groups in total. The quantitative estimate of drug-likeness (QED) is 0.742. The van der Waals surface area contributed by atoms with Crippen molar-refractivity contribution >= 4 is 28.5 Å². The van der Waals surface area contributed by atoms with E-state index in [0.717, 1.165) is 41.4 Å². The minimum Gasteiger partial charge on any atom is -0.479 e. The van der Waals surface area contributed by atoms with E-state index >= 15 is 0 Å². The molecule has 138 valence electrons. The van der Waals surface area contributed by atoms with Crippen molar-refractivity contribution in [2.45, 2.75) is 38.6 Å². The predicted octanol–water partition coefficient (Wildman–Crippen LogP) is 2.99. The number of fused-ring (bicyclic) bond motifs is 2. The van der Waals surface area contributed by atoms with Gasteiger partial charge >= 0.3 is 5.97 Å². The van der Waals surface area contributed by atoms with E-state index in [9.17, 15) is 14.7 Å². The number of rotatable bonds is 4. The smallest absolute Gasteiger partial charge is 0.331 e.